The number of halogens is 2. The Labute approximate surface area is 162 Å². The summed E-state index contributed by atoms with van der Waals surface area (Å²) in [4.78, 5) is 2.30. The maximum atomic E-state index is 13.1. The summed E-state index contributed by atoms with van der Waals surface area (Å²) in [7, 11) is -3.82. The van der Waals surface area contributed by atoms with Gasteiger partial charge in [0.25, 0.3) is 10.0 Å². The zero-order valence-corrected chi connectivity index (χ0v) is 16.2. The van der Waals surface area contributed by atoms with Crippen molar-refractivity contribution in [3.63, 3.8) is 0 Å². The summed E-state index contributed by atoms with van der Waals surface area (Å²) in [5.74, 6) is 0. The van der Waals surface area contributed by atoms with E-state index in [-0.39, 0.29) is 9.92 Å². The highest BCUT2D eigenvalue weighted by Crippen LogP contribution is 2.32. The number of fused-ring (bicyclic) bond motifs is 1. The van der Waals surface area contributed by atoms with Crippen LogP contribution in [0, 0.1) is 0 Å². The number of benzene rings is 2. The number of hydrogen-bond donors (Lipinski definition) is 1. The second kappa shape index (κ2) is 6.78. The number of piperazine rings is 1. The molecule has 0 aliphatic carbocycles. The van der Waals surface area contributed by atoms with Gasteiger partial charge in [-0.1, -0.05) is 29.3 Å². The molecule has 136 valence electrons. The minimum absolute atomic E-state index is 0.0358. The van der Waals surface area contributed by atoms with Gasteiger partial charge in [0.05, 0.1) is 10.5 Å². The maximum Gasteiger partial charge on any atom is 0.269 e. The van der Waals surface area contributed by atoms with E-state index in [2.05, 4.69) is 10.2 Å². The molecule has 4 rings (SSSR count). The summed E-state index contributed by atoms with van der Waals surface area (Å²) in [6.07, 6.45) is 1.58. The average molecular weight is 410 g/mol. The highest BCUT2D eigenvalue weighted by atomic mass is 35.5. The van der Waals surface area contributed by atoms with E-state index in [0.29, 0.717) is 10.5 Å². The molecule has 26 heavy (non-hydrogen) atoms. The van der Waals surface area contributed by atoms with Gasteiger partial charge in [0, 0.05) is 48.5 Å². The number of nitrogens with one attached hydrogen (secondary N) is 1. The van der Waals surface area contributed by atoms with E-state index in [0.717, 1.165) is 37.3 Å². The van der Waals surface area contributed by atoms with Crippen molar-refractivity contribution >= 4 is 49.8 Å². The first-order valence-corrected chi connectivity index (χ1v) is 10.4. The van der Waals surface area contributed by atoms with Crippen molar-refractivity contribution in [2.24, 2.45) is 0 Å². The van der Waals surface area contributed by atoms with Crippen LogP contribution in [0.25, 0.3) is 10.9 Å². The monoisotopic (exact) mass is 409 g/mol. The molecule has 1 fully saturated rings. The van der Waals surface area contributed by atoms with Crippen molar-refractivity contribution < 1.29 is 8.42 Å². The van der Waals surface area contributed by atoms with Gasteiger partial charge in [-0.25, -0.2) is 12.4 Å². The Morgan fingerprint density at radius 1 is 1.00 bits per heavy atom. The van der Waals surface area contributed by atoms with E-state index in [4.69, 9.17) is 23.2 Å². The van der Waals surface area contributed by atoms with Crippen LogP contribution in [0.15, 0.2) is 53.6 Å². The Kier molecular flexibility index (Phi) is 4.61. The molecule has 0 saturated carbocycles. The summed E-state index contributed by atoms with van der Waals surface area (Å²) in [6.45, 7) is 3.60. The van der Waals surface area contributed by atoms with E-state index in [9.17, 15) is 8.42 Å². The van der Waals surface area contributed by atoms with Crippen molar-refractivity contribution in [1.29, 1.82) is 0 Å². The van der Waals surface area contributed by atoms with E-state index in [1.807, 2.05) is 24.3 Å². The fraction of sp³-hybridized carbons (Fsp3) is 0.222. The smallest absolute Gasteiger partial charge is 0.269 e. The summed E-state index contributed by atoms with van der Waals surface area (Å²) >= 11 is 12.0. The molecule has 3 aromatic rings. The predicted octanol–water partition coefficient (Wildman–Crippen LogP) is 3.59. The third kappa shape index (κ3) is 2.97. The molecule has 1 aliphatic heterocycles. The fourth-order valence-electron chi connectivity index (χ4n) is 3.31. The number of anilines is 1. The van der Waals surface area contributed by atoms with Crippen LogP contribution < -0.4 is 10.2 Å². The van der Waals surface area contributed by atoms with Gasteiger partial charge in [0.2, 0.25) is 0 Å². The van der Waals surface area contributed by atoms with Gasteiger partial charge in [-0.3, -0.25) is 0 Å². The van der Waals surface area contributed by atoms with Crippen LogP contribution >= 0.6 is 23.2 Å². The van der Waals surface area contributed by atoms with Crippen LogP contribution in [0.1, 0.15) is 0 Å². The van der Waals surface area contributed by atoms with Crippen molar-refractivity contribution in [2.45, 2.75) is 4.90 Å². The first-order valence-electron chi connectivity index (χ1n) is 8.25. The molecule has 1 aromatic heterocycles. The molecule has 1 N–H and O–H groups in total. The molecule has 2 heterocycles. The van der Waals surface area contributed by atoms with Crippen LogP contribution in [0.4, 0.5) is 5.69 Å². The van der Waals surface area contributed by atoms with Crippen molar-refractivity contribution in [3.8, 4) is 0 Å². The first kappa shape index (κ1) is 17.7. The van der Waals surface area contributed by atoms with Crippen molar-refractivity contribution in [1.82, 2.24) is 9.29 Å². The topological polar surface area (TPSA) is 54.3 Å². The van der Waals surface area contributed by atoms with Gasteiger partial charge < -0.3 is 10.2 Å². The van der Waals surface area contributed by atoms with Gasteiger partial charge in [-0.05, 0) is 36.4 Å². The molecule has 5 nitrogen and oxygen atoms in total. The third-order valence-corrected chi connectivity index (χ3v) is 6.97. The quantitative estimate of drug-likeness (QED) is 0.717. The second-order valence-corrected chi connectivity index (χ2v) is 8.77. The van der Waals surface area contributed by atoms with Crippen LogP contribution in [-0.2, 0) is 10.0 Å². The lowest BCUT2D eigenvalue weighted by Gasteiger charge is -2.30. The molecule has 1 saturated heterocycles. The Morgan fingerprint density at radius 2 is 1.77 bits per heavy atom. The van der Waals surface area contributed by atoms with Crippen LogP contribution in [0.2, 0.25) is 10.0 Å². The molecule has 0 bridgehead atoms. The SMILES string of the molecule is O=S(=O)(c1ccc(Cl)cc1Cl)n1ccc2c(N3CCNCC3)cccc21. The second-order valence-electron chi connectivity index (χ2n) is 6.14. The number of hydrogen-bond acceptors (Lipinski definition) is 4. The van der Waals surface area contributed by atoms with E-state index in [1.54, 1.807) is 6.20 Å². The molecule has 0 amide bonds. The summed E-state index contributed by atoms with van der Waals surface area (Å²) in [5, 5.41) is 4.74. The fourth-order valence-corrected chi connectivity index (χ4v) is 5.41. The Hall–Kier alpha value is -1.73. The lowest BCUT2D eigenvalue weighted by molar-refractivity contribution is 0.589. The molecule has 0 spiro atoms. The Balaban J connectivity index is 1.85. The summed E-state index contributed by atoms with van der Waals surface area (Å²) in [5.41, 5.74) is 1.67. The third-order valence-electron chi connectivity index (χ3n) is 4.56. The number of rotatable bonds is 3. The van der Waals surface area contributed by atoms with Gasteiger partial charge in [0.1, 0.15) is 4.90 Å². The largest absolute Gasteiger partial charge is 0.368 e. The van der Waals surface area contributed by atoms with Crippen LogP contribution in [0.3, 0.4) is 0 Å². The summed E-state index contributed by atoms with van der Waals surface area (Å²) in [6, 6.07) is 12.0. The number of nitrogens with zero attached hydrogens (tertiary/aromatic N) is 2. The van der Waals surface area contributed by atoms with E-state index < -0.39 is 10.0 Å². The molecule has 0 atom stereocenters. The predicted molar refractivity (Wildman–Crippen MR) is 106 cm³/mol. The lowest BCUT2D eigenvalue weighted by atomic mass is 10.2. The molecular weight excluding hydrogens is 393 g/mol. The van der Waals surface area contributed by atoms with Gasteiger partial charge in [0.15, 0.2) is 0 Å². The summed E-state index contributed by atoms with van der Waals surface area (Å²) < 4.78 is 27.6. The molecule has 0 radical (unpaired) electrons. The molecular formula is C18H17Cl2N3O2S. The standard InChI is InChI=1S/C18H17Cl2N3O2S/c19-13-4-5-18(15(20)12-13)26(24,25)23-9-6-14-16(2-1-3-17(14)23)22-10-7-21-8-11-22/h1-6,9,12,21H,7-8,10-11H2. The zero-order chi connectivity index (χ0) is 18.3. The molecule has 0 unspecified atom stereocenters. The van der Waals surface area contributed by atoms with Gasteiger partial charge in [-0.2, -0.15) is 0 Å². The first-order chi connectivity index (χ1) is 12.5. The molecule has 8 heteroatoms. The Bertz CT molecular complexity index is 1070. The minimum Gasteiger partial charge on any atom is -0.368 e. The van der Waals surface area contributed by atoms with Crippen molar-refractivity contribution in [2.75, 3.05) is 31.1 Å². The van der Waals surface area contributed by atoms with E-state index in [1.165, 1.54) is 22.2 Å². The average Bonchev–Trinajstić information content (AvgIpc) is 3.07. The lowest BCUT2D eigenvalue weighted by Crippen LogP contribution is -2.43. The Morgan fingerprint density at radius 3 is 2.50 bits per heavy atom. The van der Waals surface area contributed by atoms with Crippen LogP contribution in [0.5, 0.6) is 0 Å². The minimum atomic E-state index is -3.82. The highest BCUT2D eigenvalue weighted by Gasteiger charge is 2.23. The zero-order valence-electron chi connectivity index (χ0n) is 13.8. The van der Waals surface area contributed by atoms with Gasteiger partial charge >= 0.3 is 0 Å². The molecule has 1 aliphatic rings. The van der Waals surface area contributed by atoms with Gasteiger partial charge in [-0.15, -0.1) is 0 Å². The normalized spacial score (nSPS) is 15.5. The molecule has 2 aromatic carbocycles. The number of aromatic nitrogens is 1. The van der Waals surface area contributed by atoms with E-state index >= 15 is 0 Å². The van der Waals surface area contributed by atoms with Crippen molar-refractivity contribution in [3.05, 3.63) is 58.7 Å². The highest BCUT2D eigenvalue weighted by molar-refractivity contribution is 7.90. The maximum absolute atomic E-state index is 13.1. The van der Waals surface area contributed by atoms with Crippen LogP contribution in [-0.4, -0.2) is 38.6 Å².